The molecule has 4 aromatic rings. The lowest BCUT2D eigenvalue weighted by molar-refractivity contribution is 0.0592. The first-order valence-corrected chi connectivity index (χ1v) is 12.0. The topological polar surface area (TPSA) is 73.7 Å². The standard InChI is InChI=1S/C26H25N3O4S/c1-32-26(31)25-21-8-10-28(16-20-13-19-6-2-3-7-23(19)34-20)11-12-29(21)24(30)14-22(25)33-17-18-5-4-9-27-15-18/h2-7,9,13-15H,8,10-12,16-17H2,1H3. The van der Waals surface area contributed by atoms with E-state index in [1.54, 1.807) is 28.3 Å². The molecule has 0 saturated heterocycles. The highest BCUT2D eigenvalue weighted by Crippen LogP contribution is 2.28. The van der Waals surface area contributed by atoms with E-state index in [1.165, 1.54) is 28.1 Å². The van der Waals surface area contributed by atoms with Gasteiger partial charge in [0.1, 0.15) is 17.9 Å². The Bertz CT molecular complexity index is 1350. The molecule has 8 heteroatoms. The molecule has 34 heavy (non-hydrogen) atoms. The lowest BCUT2D eigenvalue weighted by atomic mass is 10.1. The average molecular weight is 476 g/mol. The fourth-order valence-corrected chi connectivity index (χ4v) is 5.47. The van der Waals surface area contributed by atoms with Crippen LogP contribution in [0.1, 0.15) is 26.5 Å². The number of thiophene rings is 1. The van der Waals surface area contributed by atoms with Crippen LogP contribution in [0.25, 0.3) is 10.1 Å². The van der Waals surface area contributed by atoms with Crippen molar-refractivity contribution >= 4 is 27.4 Å². The van der Waals surface area contributed by atoms with Crippen LogP contribution in [0.15, 0.2) is 65.7 Å². The van der Waals surface area contributed by atoms with Crippen LogP contribution in [0.3, 0.4) is 0 Å². The highest BCUT2D eigenvalue weighted by Gasteiger charge is 2.26. The van der Waals surface area contributed by atoms with Crippen molar-refractivity contribution in [2.24, 2.45) is 0 Å². The van der Waals surface area contributed by atoms with Gasteiger partial charge in [0, 0.05) is 71.9 Å². The number of methoxy groups -OCH3 is 1. The van der Waals surface area contributed by atoms with Gasteiger partial charge in [-0.2, -0.15) is 0 Å². The quantitative estimate of drug-likeness (QED) is 0.394. The van der Waals surface area contributed by atoms with Crippen LogP contribution in [0.5, 0.6) is 5.75 Å². The van der Waals surface area contributed by atoms with Crippen molar-refractivity contribution in [2.75, 3.05) is 20.2 Å². The van der Waals surface area contributed by atoms with E-state index in [4.69, 9.17) is 9.47 Å². The molecule has 0 atom stereocenters. The molecule has 3 aromatic heterocycles. The first-order chi connectivity index (χ1) is 16.6. The average Bonchev–Trinajstić information content (AvgIpc) is 3.15. The summed E-state index contributed by atoms with van der Waals surface area (Å²) in [6.07, 6.45) is 3.93. The zero-order chi connectivity index (χ0) is 23.5. The van der Waals surface area contributed by atoms with E-state index in [-0.39, 0.29) is 17.9 Å². The van der Waals surface area contributed by atoms with Crippen LogP contribution < -0.4 is 10.3 Å². The van der Waals surface area contributed by atoms with Gasteiger partial charge in [-0.1, -0.05) is 24.3 Å². The fourth-order valence-electron chi connectivity index (χ4n) is 4.37. The molecule has 174 valence electrons. The van der Waals surface area contributed by atoms with Gasteiger partial charge in [0.25, 0.3) is 5.56 Å². The molecule has 0 spiro atoms. The summed E-state index contributed by atoms with van der Waals surface area (Å²) in [5.41, 5.74) is 1.67. The first kappa shape index (κ1) is 22.3. The molecule has 1 aromatic carbocycles. The maximum absolute atomic E-state index is 13.0. The van der Waals surface area contributed by atoms with Crippen molar-refractivity contribution in [1.29, 1.82) is 0 Å². The van der Waals surface area contributed by atoms with Crippen molar-refractivity contribution < 1.29 is 14.3 Å². The van der Waals surface area contributed by atoms with Crippen molar-refractivity contribution in [3.8, 4) is 5.75 Å². The second-order valence-electron chi connectivity index (χ2n) is 8.24. The minimum Gasteiger partial charge on any atom is -0.488 e. The molecule has 0 aliphatic carbocycles. The molecular weight excluding hydrogens is 450 g/mol. The van der Waals surface area contributed by atoms with Crippen LogP contribution >= 0.6 is 11.3 Å². The minimum absolute atomic E-state index is 0.174. The molecule has 0 fully saturated rings. The van der Waals surface area contributed by atoms with Gasteiger partial charge < -0.3 is 14.0 Å². The Morgan fingerprint density at radius 2 is 2.00 bits per heavy atom. The Morgan fingerprint density at radius 3 is 2.79 bits per heavy atom. The van der Waals surface area contributed by atoms with E-state index >= 15 is 0 Å². The van der Waals surface area contributed by atoms with Crippen molar-refractivity contribution in [2.45, 2.75) is 26.1 Å². The molecule has 0 unspecified atom stereocenters. The third kappa shape index (κ3) is 4.60. The number of rotatable bonds is 6. The Labute approximate surface area is 201 Å². The molecule has 5 rings (SSSR count). The molecule has 1 aliphatic heterocycles. The smallest absolute Gasteiger partial charge is 0.343 e. The summed E-state index contributed by atoms with van der Waals surface area (Å²) in [6, 6.07) is 15.7. The Balaban J connectivity index is 1.40. The molecule has 0 bridgehead atoms. The highest BCUT2D eigenvalue weighted by molar-refractivity contribution is 7.19. The van der Waals surface area contributed by atoms with Gasteiger partial charge in [0.2, 0.25) is 0 Å². The normalized spacial score (nSPS) is 13.9. The number of carbonyl (C=O) groups is 1. The zero-order valence-corrected chi connectivity index (χ0v) is 19.7. The third-order valence-electron chi connectivity index (χ3n) is 6.05. The molecule has 0 N–H and O–H groups in total. The lowest BCUT2D eigenvalue weighted by Gasteiger charge is -2.18. The molecular formula is C26H25N3O4S. The number of benzene rings is 1. The molecule has 1 aliphatic rings. The number of carbonyl (C=O) groups excluding carboxylic acids is 1. The number of nitrogens with zero attached hydrogens (tertiary/aromatic N) is 3. The SMILES string of the molecule is COC(=O)c1c(OCc2cccnc2)cc(=O)n2c1CCN(Cc1cc3ccccc3s1)CC2. The van der Waals surface area contributed by atoms with Crippen molar-refractivity contribution in [1.82, 2.24) is 14.5 Å². The van der Waals surface area contributed by atoms with Crippen LogP contribution in [0.4, 0.5) is 0 Å². The van der Waals surface area contributed by atoms with Crippen LogP contribution in [-0.4, -0.2) is 40.6 Å². The van der Waals surface area contributed by atoms with Gasteiger partial charge in [-0.25, -0.2) is 4.79 Å². The van der Waals surface area contributed by atoms with Crippen LogP contribution in [0, 0.1) is 0 Å². The summed E-state index contributed by atoms with van der Waals surface area (Å²) in [4.78, 5) is 33.5. The third-order valence-corrected chi connectivity index (χ3v) is 7.15. The predicted molar refractivity (Wildman–Crippen MR) is 131 cm³/mol. The molecule has 4 heterocycles. The number of hydrogen-bond donors (Lipinski definition) is 0. The van der Waals surface area contributed by atoms with E-state index in [0.29, 0.717) is 24.2 Å². The summed E-state index contributed by atoms with van der Waals surface area (Å²) < 4.78 is 14.0. The number of esters is 1. The highest BCUT2D eigenvalue weighted by atomic mass is 32.1. The number of pyridine rings is 2. The Morgan fingerprint density at radius 1 is 1.12 bits per heavy atom. The van der Waals surface area contributed by atoms with Gasteiger partial charge >= 0.3 is 5.97 Å². The fraction of sp³-hybridized carbons (Fsp3) is 0.269. The maximum Gasteiger partial charge on any atom is 0.343 e. The second-order valence-corrected chi connectivity index (χ2v) is 9.41. The van der Waals surface area contributed by atoms with Crippen molar-refractivity contribution in [3.63, 3.8) is 0 Å². The zero-order valence-electron chi connectivity index (χ0n) is 18.9. The van der Waals surface area contributed by atoms with E-state index in [0.717, 1.165) is 25.2 Å². The molecule has 0 saturated carbocycles. The van der Waals surface area contributed by atoms with Gasteiger partial charge in [-0.05, 0) is 23.6 Å². The summed E-state index contributed by atoms with van der Waals surface area (Å²) in [5, 5.41) is 1.25. The van der Waals surface area contributed by atoms with Gasteiger partial charge in [0.05, 0.1) is 7.11 Å². The second kappa shape index (κ2) is 9.79. The predicted octanol–water partition coefficient (Wildman–Crippen LogP) is 3.88. The number of hydrogen-bond acceptors (Lipinski definition) is 7. The molecule has 7 nitrogen and oxygen atoms in total. The summed E-state index contributed by atoms with van der Waals surface area (Å²) in [6.45, 7) is 2.96. The number of aromatic nitrogens is 2. The Kier molecular flexibility index (Phi) is 6.42. The first-order valence-electron chi connectivity index (χ1n) is 11.2. The van der Waals surface area contributed by atoms with E-state index in [9.17, 15) is 9.59 Å². The largest absolute Gasteiger partial charge is 0.488 e. The van der Waals surface area contributed by atoms with Crippen LogP contribution in [-0.2, 0) is 30.9 Å². The summed E-state index contributed by atoms with van der Waals surface area (Å²) in [7, 11) is 1.35. The van der Waals surface area contributed by atoms with Gasteiger partial charge in [-0.15, -0.1) is 11.3 Å². The van der Waals surface area contributed by atoms with Crippen LogP contribution in [0.2, 0.25) is 0 Å². The number of ether oxygens (including phenoxy) is 2. The number of fused-ring (bicyclic) bond motifs is 2. The Hall–Kier alpha value is -3.49. The maximum atomic E-state index is 13.0. The molecule has 0 amide bonds. The van der Waals surface area contributed by atoms with Crippen molar-refractivity contribution in [3.05, 3.63) is 93.0 Å². The van der Waals surface area contributed by atoms with E-state index < -0.39 is 5.97 Å². The van der Waals surface area contributed by atoms with E-state index in [1.807, 2.05) is 12.1 Å². The summed E-state index contributed by atoms with van der Waals surface area (Å²) >= 11 is 1.79. The minimum atomic E-state index is -0.497. The monoisotopic (exact) mass is 475 g/mol. The van der Waals surface area contributed by atoms with E-state index in [2.05, 4.69) is 40.2 Å². The van der Waals surface area contributed by atoms with Gasteiger partial charge in [-0.3, -0.25) is 14.7 Å². The molecule has 0 radical (unpaired) electrons. The lowest BCUT2D eigenvalue weighted by Crippen LogP contribution is -2.29. The van der Waals surface area contributed by atoms with Gasteiger partial charge in [0.15, 0.2) is 0 Å². The summed E-state index contributed by atoms with van der Waals surface area (Å²) in [5.74, 6) is -0.243.